The monoisotopic (exact) mass is 617 g/mol. The molecule has 2 amide bonds. The van der Waals surface area contributed by atoms with Crippen LogP contribution < -0.4 is 10.6 Å². The molecule has 1 aliphatic rings. The molecule has 0 heterocycles. The van der Waals surface area contributed by atoms with E-state index in [2.05, 4.69) is 10.6 Å². The average Bonchev–Trinajstić information content (AvgIpc) is 3.02. The van der Waals surface area contributed by atoms with E-state index in [1.807, 2.05) is 62.4 Å². The number of hydrogen-bond donors (Lipinski definition) is 3. The Labute approximate surface area is 262 Å². The normalized spacial score (nSPS) is 18.3. The van der Waals surface area contributed by atoms with Gasteiger partial charge in [0, 0.05) is 23.7 Å². The lowest BCUT2D eigenvalue weighted by atomic mass is 9.83. The number of carbonyl (C=O) groups excluding carboxylic acids is 2. The Morgan fingerprint density at radius 3 is 2.29 bits per heavy atom. The van der Waals surface area contributed by atoms with Gasteiger partial charge in [-0.15, -0.1) is 0 Å². The summed E-state index contributed by atoms with van der Waals surface area (Å²) in [7, 11) is 0. The van der Waals surface area contributed by atoms with Gasteiger partial charge in [0.2, 0.25) is 0 Å². The molecule has 1 saturated carbocycles. The van der Waals surface area contributed by atoms with Crippen LogP contribution in [-0.4, -0.2) is 39.8 Å². The van der Waals surface area contributed by atoms with Gasteiger partial charge < -0.3 is 19.9 Å². The molecule has 1 unspecified atom stereocenters. The summed E-state index contributed by atoms with van der Waals surface area (Å²) >= 11 is 0. The number of carboxylic acids is 1. The lowest BCUT2D eigenvalue weighted by Crippen LogP contribution is -2.44. The van der Waals surface area contributed by atoms with E-state index in [0.717, 1.165) is 16.7 Å². The highest BCUT2D eigenvalue weighted by atomic mass is 16.6. The summed E-state index contributed by atoms with van der Waals surface area (Å²) in [4.78, 5) is 47.3. The fourth-order valence-corrected chi connectivity index (χ4v) is 5.47. The van der Waals surface area contributed by atoms with Gasteiger partial charge in [0.05, 0.1) is 16.5 Å². The minimum Gasteiger partial charge on any atom is -0.481 e. The highest BCUT2D eigenvalue weighted by Crippen LogP contribution is 2.34. The molecule has 0 radical (unpaired) electrons. The SMILES string of the molecule is CCC(CCc1ccc(-c2ccccc2)c(NC(=O)OC2(C)CCC(NC(=O)OCc3ccc([N+](=O)[O-])cc3)CC2)c1)C(=O)O. The number of rotatable bonds is 12. The standard InChI is InChI=1S/C34H39N3O8/c1-3-25(31(38)39)13-9-23-12-16-29(26-7-5-4-6-8-26)30(21-23)36-33(41)45-34(2)19-17-27(18-20-34)35-32(40)44-22-24-10-14-28(15-11-24)37(42)43/h4-8,10-12,14-16,21,25,27H,3,9,13,17-20,22H2,1-2H3,(H,35,40)(H,36,41)(H,38,39). The second kappa shape index (κ2) is 15.2. The molecule has 11 heteroatoms. The third-order valence-electron chi connectivity index (χ3n) is 8.25. The van der Waals surface area contributed by atoms with E-state index in [1.165, 1.54) is 12.1 Å². The number of alkyl carbamates (subject to hydrolysis) is 1. The number of aryl methyl sites for hydroxylation is 1. The molecule has 3 aromatic carbocycles. The lowest BCUT2D eigenvalue weighted by molar-refractivity contribution is -0.384. The quantitative estimate of drug-likeness (QED) is 0.139. The summed E-state index contributed by atoms with van der Waals surface area (Å²) in [5.74, 6) is -1.24. The van der Waals surface area contributed by atoms with Gasteiger partial charge in [0.15, 0.2) is 0 Å². The maximum absolute atomic E-state index is 13.2. The number of carboxylic acid groups (broad SMARTS) is 1. The number of non-ortho nitro benzene ring substituents is 1. The van der Waals surface area contributed by atoms with E-state index in [-0.39, 0.29) is 18.3 Å². The first-order valence-corrected chi connectivity index (χ1v) is 15.1. The van der Waals surface area contributed by atoms with Crippen molar-refractivity contribution in [1.29, 1.82) is 0 Å². The van der Waals surface area contributed by atoms with Crippen LogP contribution in [0.25, 0.3) is 11.1 Å². The van der Waals surface area contributed by atoms with Gasteiger partial charge in [-0.25, -0.2) is 9.59 Å². The topological polar surface area (TPSA) is 157 Å². The molecule has 45 heavy (non-hydrogen) atoms. The Bertz CT molecular complexity index is 1490. The minimum atomic E-state index is -0.808. The van der Waals surface area contributed by atoms with Gasteiger partial charge in [-0.2, -0.15) is 0 Å². The zero-order valence-corrected chi connectivity index (χ0v) is 25.5. The Morgan fingerprint density at radius 1 is 1.00 bits per heavy atom. The second-order valence-electron chi connectivity index (χ2n) is 11.6. The number of nitrogens with one attached hydrogen (secondary N) is 2. The van der Waals surface area contributed by atoms with Crippen LogP contribution in [0.1, 0.15) is 63.5 Å². The fraction of sp³-hybridized carbons (Fsp3) is 0.382. The van der Waals surface area contributed by atoms with Gasteiger partial charge in [-0.1, -0.05) is 49.4 Å². The Kier molecular flexibility index (Phi) is 11.1. The zero-order chi connectivity index (χ0) is 32.4. The molecule has 1 fully saturated rings. The summed E-state index contributed by atoms with van der Waals surface area (Å²) < 4.78 is 11.2. The highest BCUT2D eigenvalue weighted by molar-refractivity contribution is 5.92. The number of aliphatic carboxylic acids is 1. The number of benzene rings is 3. The van der Waals surface area contributed by atoms with Crippen molar-refractivity contribution in [2.75, 3.05) is 5.32 Å². The fourth-order valence-electron chi connectivity index (χ4n) is 5.47. The molecule has 11 nitrogen and oxygen atoms in total. The smallest absolute Gasteiger partial charge is 0.412 e. The first-order chi connectivity index (χ1) is 21.5. The number of hydrogen-bond acceptors (Lipinski definition) is 7. The molecular weight excluding hydrogens is 578 g/mol. The van der Waals surface area contributed by atoms with Crippen LogP contribution in [0.2, 0.25) is 0 Å². The van der Waals surface area contributed by atoms with Crippen molar-refractivity contribution in [3.8, 4) is 11.1 Å². The van der Waals surface area contributed by atoms with E-state index in [1.54, 1.807) is 12.1 Å². The first kappa shape index (κ1) is 33.0. The number of amides is 2. The largest absolute Gasteiger partial charge is 0.481 e. The Balaban J connectivity index is 1.31. The predicted octanol–water partition coefficient (Wildman–Crippen LogP) is 7.48. The van der Waals surface area contributed by atoms with Crippen molar-refractivity contribution in [3.05, 3.63) is 94.0 Å². The van der Waals surface area contributed by atoms with Crippen LogP contribution in [0.5, 0.6) is 0 Å². The molecule has 0 spiro atoms. The Morgan fingerprint density at radius 2 is 1.67 bits per heavy atom. The van der Waals surface area contributed by atoms with Crippen LogP contribution in [0, 0.1) is 16.0 Å². The number of nitrogens with zero attached hydrogens (tertiary/aromatic N) is 1. The molecule has 4 rings (SSSR count). The summed E-state index contributed by atoms with van der Waals surface area (Å²) in [5, 5.41) is 26.0. The van der Waals surface area contributed by atoms with Crippen molar-refractivity contribution < 1.29 is 33.9 Å². The minimum absolute atomic E-state index is 0.0114. The molecule has 238 valence electrons. The number of ether oxygens (including phenoxy) is 2. The number of anilines is 1. The summed E-state index contributed by atoms with van der Waals surface area (Å²) in [6, 6.07) is 21.1. The highest BCUT2D eigenvalue weighted by Gasteiger charge is 2.35. The third-order valence-corrected chi connectivity index (χ3v) is 8.25. The Hall–Kier alpha value is -4.93. The van der Waals surface area contributed by atoms with Crippen molar-refractivity contribution >= 4 is 29.5 Å². The molecule has 0 saturated heterocycles. The van der Waals surface area contributed by atoms with Crippen LogP contribution in [-0.2, 0) is 27.3 Å². The van der Waals surface area contributed by atoms with E-state index in [4.69, 9.17) is 9.47 Å². The van der Waals surface area contributed by atoms with E-state index >= 15 is 0 Å². The predicted molar refractivity (Wildman–Crippen MR) is 169 cm³/mol. The molecule has 0 aromatic heterocycles. The van der Waals surface area contributed by atoms with Crippen molar-refractivity contribution in [2.45, 2.75) is 77.0 Å². The molecule has 1 atom stereocenters. The number of nitro benzene ring substituents is 1. The van der Waals surface area contributed by atoms with E-state index in [9.17, 15) is 29.6 Å². The average molecular weight is 618 g/mol. The summed E-state index contributed by atoms with van der Waals surface area (Å²) in [6.07, 6.45) is 2.68. The summed E-state index contributed by atoms with van der Waals surface area (Å²) in [5.41, 5.74) is 3.13. The number of nitro groups is 1. The second-order valence-corrected chi connectivity index (χ2v) is 11.6. The van der Waals surface area contributed by atoms with Crippen LogP contribution >= 0.6 is 0 Å². The molecule has 3 aromatic rings. The van der Waals surface area contributed by atoms with Gasteiger partial charge in [0.25, 0.3) is 5.69 Å². The first-order valence-electron chi connectivity index (χ1n) is 15.1. The lowest BCUT2D eigenvalue weighted by Gasteiger charge is -2.36. The molecule has 1 aliphatic carbocycles. The van der Waals surface area contributed by atoms with Crippen LogP contribution in [0.15, 0.2) is 72.8 Å². The van der Waals surface area contributed by atoms with Gasteiger partial charge in [-0.05, 0) is 86.8 Å². The molecule has 0 bridgehead atoms. The molecule has 3 N–H and O–H groups in total. The van der Waals surface area contributed by atoms with Crippen LogP contribution in [0.3, 0.4) is 0 Å². The van der Waals surface area contributed by atoms with Crippen molar-refractivity contribution in [1.82, 2.24) is 5.32 Å². The maximum atomic E-state index is 13.2. The molecule has 0 aliphatic heterocycles. The van der Waals surface area contributed by atoms with Crippen molar-refractivity contribution in [3.63, 3.8) is 0 Å². The van der Waals surface area contributed by atoms with Crippen LogP contribution in [0.4, 0.5) is 21.0 Å². The summed E-state index contributed by atoms with van der Waals surface area (Å²) in [6.45, 7) is 3.73. The van der Waals surface area contributed by atoms with Gasteiger partial charge in [0.1, 0.15) is 12.2 Å². The third kappa shape index (κ3) is 9.53. The van der Waals surface area contributed by atoms with Gasteiger partial charge >= 0.3 is 18.2 Å². The van der Waals surface area contributed by atoms with Crippen molar-refractivity contribution in [2.24, 2.45) is 5.92 Å². The van der Waals surface area contributed by atoms with E-state index in [0.29, 0.717) is 56.2 Å². The van der Waals surface area contributed by atoms with E-state index < -0.39 is 34.6 Å². The maximum Gasteiger partial charge on any atom is 0.412 e. The zero-order valence-electron chi connectivity index (χ0n) is 25.5. The number of carbonyl (C=O) groups is 3. The van der Waals surface area contributed by atoms with Gasteiger partial charge in [-0.3, -0.25) is 20.2 Å². The molecular formula is C34H39N3O8.